The van der Waals surface area contributed by atoms with E-state index >= 15 is 0 Å². The highest BCUT2D eigenvalue weighted by Crippen LogP contribution is 2.44. The summed E-state index contributed by atoms with van der Waals surface area (Å²) in [4.78, 5) is 35.1. The smallest absolute Gasteiger partial charge is 0.338 e. The molecule has 0 spiro atoms. The summed E-state index contributed by atoms with van der Waals surface area (Å²) in [5.74, 6) is -0.748. The minimum atomic E-state index is -0.612. The Labute approximate surface area is 183 Å². The number of aromatic nitrogens is 1. The minimum Gasteiger partial charge on any atom is -0.466 e. The van der Waals surface area contributed by atoms with Crippen LogP contribution >= 0.6 is 11.3 Å². The van der Waals surface area contributed by atoms with Crippen LogP contribution in [0.25, 0.3) is 10.2 Å². The average Bonchev–Trinajstić information content (AvgIpc) is 3.38. The number of morpholine rings is 1. The minimum absolute atomic E-state index is 0.241. The normalized spacial score (nSPS) is 19.4. The number of rotatable bonds is 4. The number of amides is 1. The number of esters is 1. The third-order valence-electron chi connectivity index (χ3n) is 5.54. The Balaban J connectivity index is 1.70. The van der Waals surface area contributed by atoms with Crippen LogP contribution in [0, 0.1) is 0 Å². The van der Waals surface area contributed by atoms with E-state index in [2.05, 4.69) is 0 Å². The van der Waals surface area contributed by atoms with E-state index in [0.717, 1.165) is 15.8 Å². The Morgan fingerprint density at radius 3 is 2.52 bits per heavy atom. The lowest BCUT2D eigenvalue weighted by molar-refractivity contribution is -0.136. The van der Waals surface area contributed by atoms with Crippen LogP contribution in [0.1, 0.15) is 11.6 Å². The van der Waals surface area contributed by atoms with Crippen molar-refractivity contribution in [3.8, 4) is 0 Å². The van der Waals surface area contributed by atoms with E-state index in [9.17, 15) is 9.59 Å². The van der Waals surface area contributed by atoms with Crippen molar-refractivity contribution in [3.05, 3.63) is 71.4 Å². The molecular formula is C23H21N3O4S. The molecule has 0 N–H and O–H groups in total. The van der Waals surface area contributed by atoms with E-state index in [1.54, 1.807) is 4.90 Å². The maximum Gasteiger partial charge on any atom is 0.338 e. The van der Waals surface area contributed by atoms with Crippen molar-refractivity contribution in [2.75, 3.05) is 38.3 Å². The largest absolute Gasteiger partial charge is 0.466 e. The van der Waals surface area contributed by atoms with Crippen LogP contribution in [0.5, 0.6) is 0 Å². The summed E-state index contributed by atoms with van der Waals surface area (Å²) >= 11 is 1.44. The molecule has 1 amide bonds. The van der Waals surface area contributed by atoms with Gasteiger partial charge < -0.3 is 14.4 Å². The summed E-state index contributed by atoms with van der Waals surface area (Å²) < 4.78 is 11.6. The summed E-state index contributed by atoms with van der Waals surface area (Å²) in [5.41, 5.74) is 2.38. The number of hydrogen-bond donors (Lipinski definition) is 0. The average molecular weight is 436 g/mol. The summed E-state index contributed by atoms with van der Waals surface area (Å²) in [6.45, 7) is 2.08. The van der Waals surface area contributed by atoms with Crippen LogP contribution in [0.2, 0.25) is 0 Å². The van der Waals surface area contributed by atoms with Crippen molar-refractivity contribution in [2.45, 2.75) is 6.04 Å². The van der Waals surface area contributed by atoms with E-state index in [0.29, 0.717) is 42.7 Å². The van der Waals surface area contributed by atoms with E-state index in [1.807, 2.05) is 59.5 Å². The molecule has 1 aromatic heterocycles. The fraction of sp³-hybridized carbons (Fsp3) is 0.261. The van der Waals surface area contributed by atoms with Gasteiger partial charge in [-0.15, -0.1) is 0 Å². The molecule has 1 atom stereocenters. The van der Waals surface area contributed by atoms with E-state index in [1.165, 1.54) is 18.4 Å². The fourth-order valence-electron chi connectivity index (χ4n) is 4.13. The van der Waals surface area contributed by atoms with Crippen LogP contribution in [0.3, 0.4) is 0 Å². The van der Waals surface area contributed by atoms with Gasteiger partial charge in [-0.25, -0.2) is 9.78 Å². The van der Waals surface area contributed by atoms with Gasteiger partial charge in [-0.2, -0.15) is 0 Å². The molecule has 1 saturated heterocycles. The number of carbonyl (C=O) groups is 2. The second kappa shape index (κ2) is 8.13. The standard InChI is InChI=1S/C23H21N3O4S/c1-29-22(28)18-19(15-7-3-2-4-8-15)26(21(27)20(18)25-11-13-30-14-12-25)23-24-16-9-5-6-10-17(16)31-23/h2-10,19H,11-14H2,1H3. The third-order valence-corrected chi connectivity index (χ3v) is 6.58. The second-order valence-electron chi connectivity index (χ2n) is 7.31. The quantitative estimate of drug-likeness (QED) is 0.587. The molecule has 2 aromatic carbocycles. The third kappa shape index (κ3) is 3.37. The summed E-state index contributed by atoms with van der Waals surface area (Å²) in [6, 6.07) is 16.7. The summed E-state index contributed by atoms with van der Waals surface area (Å²) in [7, 11) is 1.35. The highest BCUT2D eigenvalue weighted by molar-refractivity contribution is 7.22. The number of methoxy groups -OCH3 is 1. The molecular weight excluding hydrogens is 414 g/mol. The van der Waals surface area contributed by atoms with Gasteiger partial charge in [-0.1, -0.05) is 53.8 Å². The van der Waals surface area contributed by atoms with Crippen molar-refractivity contribution in [2.24, 2.45) is 0 Å². The molecule has 3 heterocycles. The molecule has 1 fully saturated rings. The molecule has 0 radical (unpaired) electrons. The van der Waals surface area contributed by atoms with Gasteiger partial charge >= 0.3 is 5.97 Å². The van der Waals surface area contributed by atoms with Crippen molar-refractivity contribution in [1.82, 2.24) is 9.88 Å². The number of thiazole rings is 1. The number of ether oxygens (including phenoxy) is 2. The van der Waals surface area contributed by atoms with Crippen LogP contribution in [-0.2, 0) is 19.1 Å². The molecule has 0 aliphatic carbocycles. The van der Waals surface area contributed by atoms with Gasteiger partial charge in [0.1, 0.15) is 5.70 Å². The number of carbonyl (C=O) groups excluding carboxylic acids is 2. The Morgan fingerprint density at radius 2 is 1.81 bits per heavy atom. The molecule has 0 saturated carbocycles. The predicted molar refractivity (Wildman–Crippen MR) is 118 cm³/mol. The zero-order chi connectivity index (χ0) is 21.4. The topological polar surface area (TPSA) is 72.0 Å². The zero-order valence-corrected chi connectivity index (χ0v) is 17.8. The van der Waals surface area contributed by atoms with Gasteiger partial charge in [0.2, 0.25) is 0 Å². The highest BCUT2D eigenvalue weighted by atomic mass is 32.1. The van der Waals surface area contributed by atoms with E-state index in [-0.39, 0.29) is 5.91 Å². The Kier molecular flexibility index (Phi) is 5.17. The summed E-state index contributed by atoms with van der Waals surface area (Å²) in [5, 5.41) is 0.560. The highest BCUT2D eigenvalue weighted by Gasteiger charge is 2.48. The first-order valence-corrected chi connectivity index (χ1v) is 10.9. The molecule has 1 unspecified atom stereocenters. The van der Waals surface area contributed by atoms with Gasteiger partial charge in [0, 0.05) is 13.1 Å². The fourth-order valence-corrected chi connectivity index (χ4v) is 5.12. The Morgan fingerprint density at radius 1 is 1.10 bits per heavy atom. The molecule has 0 bridgehead atoms. The number of anilines is 1. The van der Waals surface area contributed by atoms with Gasteiger partial charge in [0.25, 0.3) is 5.91 Å². The summed E-state index contributed by atoms with van der Waals surface area (Å²) in [6.07, 6.45) is 0. The van der Waals surface area contributed by atoms with Gasteiger partial charge in [0.15, 0.2) is 5.13 Å². The monoisotopic (exact) mass is 435 g/mol. The van der Waals surface area contributed by atoms with Crippen LogP contribution < -0.4 is 4.90 Å². The molecule has 3 aromatic rings. The van der Waals surface area contributed by atoms with Crippen LogP contribution in [0.15, 0.2) is 65.9 Å². The van der Waals surface area contributed by atoms with Crippen LogP contribution in [-0.4, -0.2) is 55.2 Å². The number of fused-ring (bicyclic) bond motifs is 1. The van der Waals surface area contributed by atoms with E-state index < -0.39 is 12.0 Å². The molecule has 31 heavy (non-hydrogen) atoms. The molecule has 5 rings (SSSR count). The molecule has 2 aliphatic rings. The molecule has 8 heteroatoms. The van der Waals surface area contributed by atoms with Crippen LogP contribution in [0.4, 0.5) is 5.13 Å². The lowest BCUT2D eigenvalue weighted by atomic mass is 9.99. The first kappa shape index (κ1) is 19.7. The van der Waals surface area contributed by atoms with Crippen molar-refractivity contribution < 1.29 is 19.1 Å². The number of para-hydroxylation sites is 1. The van der Waals surface area contributed by atoms with E-state index in [4.69, 9.17) is 14.5 Å². The maximum atomic E-state index is 13.8. The molecule has 7 nitrogen and oxygen atoms in total. The molecule has 2 aliphatic heterocycles. The Hall–Kier alpha value is -3.23. The number of hydrogen-bond acceptors (Lipinski definition) is 7. The van der Waals surface area contributed by atoms with Crippen molar-refractivity contribution in [3.63, 3.8) is 0 Å². The number of nitrogens with zero attached hydrogens (tertiary/aromatic N) is 3. The number of benzene rings is 2. The first-order valence-electron chi connectivity index (χ1n) is 10.1. The lowest BCUT2D eigenvalue weighted by Gasteiger charge is -2.29. The van der Waals surface area contributed by atoms with Gasteiger partial charge in [0.05, 0.1) is 42.2 Å². The Bertz CT molecular complexity index is 1130. The first-order chi connectivity index (χ1) is 15.2. The van der Waals surface area contributed by atoms with Gasteiger partial charge in [-0.05, 0) is 17.7 Å². The van der Waals surface area contributed by atoms with Gasteiger partial charge in [-0.3, -0.25) is 9.69 Å². The second-order valence-corrected chi connectivity index (χ2v) is 8.31. The van der Waals surface area contributed by atoms with Crippen molar-refractivity contribution in [1.29, 1.82) is 0 Å². The lowest BCUT2D eigenvalue weighted by Crippen LogP contribution is -2.40. The SMILES string of the molecule is COC(=O)C1=C(N2CCOCC2)C(=O)N(c2nc3ccccc3s2)C1c1ccccc1. The maximum absolute atomic E-state index is 13.8. The molecule has 158 valence electrons. The predicted octanol–water partition coefficient (Wildman–Crippen LogP) is 3.14. The zero-order valence-electron chi connectivity index (χ0n) is 17.0. The van der Waals surface area contributed by atoms with Crippen molar-refractivity contribution >= 4 is 38.6 Å².